The molecule has 0 spiro atoms. The first kappa shape index (κ1) is 24.2. The van der Waals surface area contributed by atoms with Gasteiger partial charge in [0.05, 0.1) is 30.4 Å². The lowest BCUT2D eigenvalue weighted by atomic mass is 10.2. The van der Waals surface area contributed by atoms with Gasteiger partial charge in [-0.2, -0.15) is 0 Å². The highest BCUT2D eigenvalue weighted by molar-refractivity contribution is 7.98. The van der Waals surface area contributed by atoms with Gasteiger partial charge in [-0.15, -0.1) is 16.8 Å². The number of amides is 1. The molecular weight excluding hydrogens is 468 g/mol. The number of thioether (sulfide) groups is 1. The molecule has 0 bridgehead atoms. The van der Waals surface area contributed by atoms with Crippen LogP contribution in [0, 0.1) is 0 Å². The molecule has 2 aromatic heterocycles. The van der Waals surface area contributed by atoms with Crippen LogP contribution in [0.15, 0.2) is 71.1 Å². The summed E-state index contributed by atoms with van der Waals surface area (Å²) in [7, 11) is 1.55. The van der Waals surface area contributed by atoms with E-state index in [0.717, 1.165) is 0 Å². The first-order chi connectivity index (χ1) is 17.0. The Morgan fingerprint density at radius 1 is 1.26 bits per heavy atom. The fourth-order valence-corrected chi connectivity index (χ4v) is 4.30. The second kappa shape index (κ2) is 11.0. The molecule has 11 heteroatoms. The van der Waals surface area contributed by atoms with Crippen LogP contribution in [0.5, 0.6) is 5.75 Å². The predicted octanol–water partition coefficient (Wildman–Crippen LogP) is 2.46. The number of aliphatic hydroxyl groups excluding tert-OH is 1. The van der Waals surface area contributed by atoms with E-state index < -0.39 is 6.04 Å². The van der Waals surface area contributed by atoms with Gasteiger partial charge in [0.1, 0.15) is 17.6 Å². The Labute approximate surface area is 205 Å². The van der Waals surface area contributed by atoms with Crippen LogP contribution < -0.4 is 15.6 Å². The monoisotopic (exact) mass is 492 g/mol. The van der Waals surface area contributed by atoms with Crippen molar-refractivity contribution < 1.29 is 14.6 Å². The Hall–Kier alpha value is -3.96. The van der Waals surface area contributed by atoms with E-state index in [1.807, 2.05) is 6.07 Å². The number of allylic oxidation sites excluding steroid dienone is 1. The minimum absolute atomic E-state index is 0.207. The van der Waals surface area contributed by atoms with Gasteiger partial charge in [-0.25, -0.2) is 4.98 Å². The average Bonchev–Trinajstić information content (AvgIpc) is 3.28. The van der Waals surface area contributed by atoms with Crippen molar-refractivity contribution in [3.63, 3.8) is 0 Å². The van der Waals surface area contributed by atoms with Gasteiger partial charge in [0.25, 0.3) is 11.5 Å². The van der Waals surface area contributed by atoms with Crippen LogP contribution in [0.3, 0.4) is 0 Å². The summed E-state index contributed by atoms with van der Waals surface area (Å²) in [6.45, 7) is 3.77. The number of para-hydroxylation sites is 1. The lowest BCUT2D eigenvalue weighted by Gasteiger charge is -2.17. The number of carbonyl (C=O) groups excluding carboxylic acids is 1. The normalized spacial score (nSPS) is 11.8. The van der Waals surface area contributed by atoms with Gasteiger partial charge in [-0.3, -0.25) is 9.59 Å². The summed E-state index contributed by atoms with van der Waals surface area (Å²) in [6, 6.07) is 13.0. The van der Waals surface area contributed by atoms with Crippen molar-refractivity contribution in [2.75, 3.05) is 13.7 Å². The molecule has 180 valence electrons. The number of fused-ring (bicyclic) bond motifs is 1. The van der Waals surface area contributed by atoms with Gasteiger partial charge in [0.2, 0.25) is 0 Å². The number of carbonyl (C=O) groups is 1. The minimum Gasteiger partial charge on any atom is -0.497 e. The van der Waals surface area contributed by atoms with Crippen LogP contribution in [-0.2, 0) is 12.3 Å². The molecular formula is C24H24N6O4S. The number of nitrogens with zero attached hydrogens (tertiary/aromatic N) is 4. The summed E-state index contributed by atoms with van der Waals surface area (Å²) in [5, 5.41) is 22.3. The van der Waals surface area contributed by atoms with Crippen LogP contribution in [0.25, 0.3) is 10.9 Å². The highest BCUT2D eigenvalue weighted by Crippen LogP contribution is 2.24. The van der Waals surface area contributed by atoms with Gasteiger partial charge < -0.3 is 24.7 Å². The third kappa shape index (κ3) is 5.42. The number of aromatic amines is 1. The molecule has 0 aliphatic carbocycles. The topological polar surface area (TPSA) is 135 Å². The van der Waals surface area contributed by atoms with E-state index in [2.05, 4.69) is 32.1 Å². The maximum absolute atomic E-state index is 12.7. The molecule has 4 aromatic rings. The fraction of sp³-hybridized carbons (Fsp3) is 0.208. The molecule has 3 N–H and O–H groups in total. The summed E-state index contributed by atoms with van der Waals surface area (Å²) in [4.78, 5) is 32.4. The number of rotatable bonds is 10. The summed E-state index contributed by atoms with van der Waals surface area (Å²) >= 11 is 1.33. The molecule has 0 unspecified atom stereocenters. The van der Waals surface area contributed by atoms with Crippen molar-refractivity contribution in [1.29, 1.82) is 0 Å². The number of ether oxygens (including phenoxy) is 1. The van der Waals surface area contributed by atoms with Crippen molar-refractivity contribution in [2.24, 2.45) is 0 Å². The van der Waals surface area contributed by atoms with Crippen LogP contribution in [0.2, 0.25) is 0 Å². The van der Waals surface area contributed by atoms with E-state index in [4.69, 9.17) is 4.74 Å². The van der Waals surface area contributed by atoms with Gasteiger partial charge in [-0.1, -0.05) is 30.0 Å². The standard InChI is InChI=1S/C24H24N6O4S/c1-3-12-30-21(19(13-31)26-22(32)15-8-10-16(34-2)11-9-15)28-29-24(30)35-14-20-25-18-7-5-4-6-17(18)23(33)27-20/h3-11,19,31H,1,12-14H2,2H3,(H,26,32)(H,25,27,33)/t19-/m0/s1. The van der Waals surface area contributed by atoms with Crippen LogP contribution in [0.4, 0.5) is 0 Å². The summed E-state index contributed by atoms with van der Waals surface area (Å²) < 4.78 is 6.88. The molecule has 1 atom stereocenters. The maximum Gasteiger partial charge on any atom is 0.258 e. The van der Waals surface area contributed by atoms with Crippen LogP contribution in [-0.4, -0.2) is 49.5 Å². The minimum atomic E-state index is -0.787. The van der Waals surface area contributed by atoms with Crippen molar-refractivity contribution in [2.45, 2.75) is 23.5 Å². The van der Waals surface area contributed by atoms with Gasteiger partial charge in [0, 0.05) is 12.1 Å². The van der Waals surface area contributed by atoms with Gasteiger partial charge >= 0.3 is 0 Å². The second-order valence-electron chi connectivity index (χ2n) is 7.50. The Balaban J connectivity index is 1.53. The van der Waals surface area contributed by atoms with Crippen LogP contribution in [0.1, 0.15) is 28.0 Å². The molecule has 0 radical (unpaired) electrons. The van der Waals surface area contributed by atoms with Crippen molar-refractivity contribution >= 4 is 28.6 Å². The zero-order chi connectivity index (χ0) is 24.8. The summed E-state index contributed by atoms with van der Waals surface area (Å²) in [6.07, 6.45) is 1.67. The molecule has 0 saturated carbocycles. The average molecular weight is 493 g/mol. The second-order valence-corrected chi connectivity index (χ2v) is 8.44. The SMILES string of the molecule is C=CCn1c(SCc2nc3ccccc3c(=O)[nH]2)nnc1[C@H](CO)NC(=O)c1ccc(OC)cc1. The fourth-order valence-electron chi connectivity index (χ4n) is 3.48. The molecule has 2 heterocycles. The molecule has 4 rings (SSSR count). The summed E-state index contributed by atoms with van der Waals surface area (Å²) in [5.74, 6) is 1.50. The molecule has 0 aliphatic rings. The Kier molecular flexibility index (Phi) is 7.58. The number of H-pyrrole nitrogens is 1. The molecule has 1 amide bonds. The van der Waals surface area contributed by atoms with E-state index in [0.29, 0.717) is 51.3 Å². The van der Waals surface area contributed by atoms with E-state index in [9.17, 15) is 14.7 Å². The zero-order valence-corrected chi connectivity index (χ0v) is 19.8. The predicted molar refractivity (Wildman–Crippen MR) is 132 cm³/mol. The van der Waals surface area contributed by atoms with Gasteiger partial charge in [0.15, 0.2) is 11.0 Å². The highest BCUT2D eigenvalue weighted by atomic mass is 32.2. The number of aliphatic hydroxyl groups is 1. The molecule has 35 heavy (non-hydrogen) atoms. The molecule has 2 aromatic carbocycles. The van der Waals surface area contributed by atoms with Gasteiger partial charge in [-0.05, 0) is 36.4 Å². The van der Waals surface area contributed by atoms with Crippen LogP contribution >= 0.6 is 11.8 Å². The third-order valence-corrected chi connectivity index (χ3v) is 6.19. The lowest BCUT2D eigenvalue weighted by Crippen LogP contribution is -2.33. The van der Waals surface area contributed by atoms with Crippen molar-refractivity contribution in [3.8, 4) is 5.75 Å². The zero-order valence-electron chi connectivity index (χ0n) is 19.0. The Morgan fingerprint density at radius 2 is 2.03 bits per heavy atom. The van der Waals surface area contributed by atoms with E-state index in [1.54, 1.807) is 60.2 Å². The first-order valence-corrected chi connectivity index (χ1v) is 11.7. The highest BCUT2D eigenvalue weighted by Gasteiger charge is 2.23. The molecule has 0 aliphatic heterocycles. The van der Waals surface area contributed by atoms with Crippen molar-refractivity contribution in [1.82, 2.24) is 30.0 Å². The maximum atomic E-state index is 12.7. The van der Waals surface area contributed by atoms with Crippen molar-refractivity contribution in [3.05, 3.63) is 88.8 Å². The number of nitrogens with one attached hydrogen (secondary N) is 2. The number of aromatic nitrogens is 5. The first-order valence-electron chi connectivity index (χ1n) is 10.7. The number of hydrogen-bond acceptors (Lipinski definition) is 8. The molecule has 0 fully saturated rings. The van der Waals surface area contributed by atoms with E-state index >= 15 is 0 Å². The molecule has 10 nitrogen and oxygen atoms in total. The smallest absolute Gasteiger partial charge is 0.258 e. The summed E-state index contributed by atoms with van der Waals surface area (Å²) in [5.41, 5.74) is 0.822. The number of methoxy groups -OCH3 is 1. The van der Waals surface area contributed by atoms with E-state index in [-0.39, 0.29) is 18.1 Å². The largest absolute Gasteiger partial charge is 0.497 e. The lowest BCUT2D eigenvalue weighted by molar-refractivity contribution is 0.0911. The number of benzene rings is 2. The Morgan fingerprint density at radius 3 is 2.74 bits per heavy atom. The molecule has 0 saturated heterocycles. The number of hydrogen-bond donors (Lipinski definition) is 3. The van der Waals surface area contributed by atoms with E-state index in [1.165, 1.54) is 11.8 Å². The third-order valence-electron chi connectivity index (χ3n) is 5.21. The Bertz CT molecular complexity index is 1400. The quantitative estimate of drug-likeness (QED) is 0.227.